The molecule has 1 atom stereocenters. The van der Waals surface area contributed by atoms with Crippen LogP contribution in [0.4, 0.5) is 13.2 Å². The van der Waals surface area contributed by atoms with Crippen molar-refractivity contribution in [1.82, 2.24) is 5.32 Å². The van der Waals surface area contributed by atoms with Crippen molar-refractivity contribution < 1.29 is 26.4 Å². The summed E-state index contributed by atoms with van der Waals surface area (Å²) in [6.45, 7) is 0.390. The van der Waals surface area contributed by atoms with E-state index in [1.54, 1.807) is 0 Å². The van der Waals surface area contributed by atoms with Gasteiger partial charge in [-0.3, -0.25) is 4.79 Å². The van der Waals surface area contributed by atoms with Gasteiger partial charge in [-0.1, -0.05) is 12.1 Å². The monoisotopic (exact) mass is 324 g/mol. The van der Waals surface area contributed by atoms with E-state index >= 15 is 0 Å². The Kier molecular flexibility index (Phi) is 4.69. The molecule has 1 rings (SSSR count). The molecule has 0 bridgehead atoms. The van der Waals surface area contributed by atoms with Crippen LogP contribution in [0.25, 0.3) is 0 Å². The fraction of sp³-hybridized carbons (Fsp3) is 0.417. The third-order valence-electron chi connectivity index (χ3n) is 2.87. The number of amides is 1. The van der Waals surface area contributed by atoms with Crippen LogP contribution >= 0.6 is 0 Å². The number of benzene rings is 1. The van der Waals surface area contributed by atoms with Crippen molar-refractivity contribution in [1.29, 1.82) is 0 Å². The molecule has 0 aromatic heterocycles. The maximum Gasteiger partial charge on any atom is 0.415 e. The summed E-state index contributed by atoms with van der Waals surface area (Å²) >= 11 is 0. The van der Waals surface area contributed by atoms with Crippen molar-refractivity contribution in [2.24, 2.45) is 5.73 Å². The van der Waals surface area contributed by atoms with E-state index in [9.17, 15) is 26.4 Å². The van der Waals surface area contributed by atoms with Crippen LogP contribution in [0.3, 0.4) is 0 Å². The van der Waals surface area contributed by atoms with E-state index in [4.69, 9.17) is 5.73 Å². The van der Waals surface area contributed by atoms with E-state index in [-0.39, 0.29) is 11.4 Å². The first kappa shape index (κ1) is 17.4. The molecule has 0 radical (unpaired) electrons. The van der Waals surface area contributed by atoms with Crippen molar-refractivity contribution in [3.63, 3.8) is 0 Å². The number of rotatable bonds is 4. The molecule has 0 aliphatic carbocycles. The van der Waals surface area contributed by atoms with Gasteiger partial charge in [-0.05, 0) is 24.6 Å². The van der Waals surface area contributed by atoms with Crippen LogP contribution in [0.2, 0.25) is 0 Å². The molecule has 21 heavy (non-hydrogen) atoms. The Labute approximate surface area is 120 Å². The summed E-state index contributed by atoms with van der Waals surface area (Å²) in [6, 6.07) is 5.42. The van der Waals surface area contributed by atoms with Gasteiger partial charge in [0, 0.05) is 12.8 Å². The van der Waals surface area contributed by atoms with Gasteiger partial charge in [0.15, 0.2) is 15.4 Å². The van der Waals surface area contributed by atoms with Gasteiger partial charge >= 0.3 is 6.18 Å². The Balaban J connectivity index is 2.75. The fourth-order valence-corrected chi connectivity index (χ4v) is 1.98. The molecule has 0 saturated carbocycles. The zero-order chi connectivity index (χ0) is 16.5. The average Bonchev–Trinajstić information content (AvgIpc) is 2.33. The summed E-state index contributed by atoms with van der Waals surface area (Å²) in [5.41, 5.74) is 2.43. The van der Waals surface area contributed by atoms with Crippen LogP contribution in [0.5, 0.6) is 0 Å². The van der Waals surface area contributed by atoms with E-state index < -0.39 is 27.5 Å². The zero-order valence-electron chi connectivity index (χ0n) is 11.4. The summed E-state index contributed by atoms with van der Waals surface area (Å²) in [5.74, 6) is -1.36. The molecule has 118 valence electrons. The van der Waals surface area contributed by atoms with E-state index in [0.717, 1.165) is 6.26 Å². The van der Waals surface area contributed by atoms with Crippen LogP contribution in [-0.4, -0.2) is 32.3 Å². The first-order chi connectivity index (χ1) is 9.35. The number of carbonyl (C=O) groups excluding carboxylic acids is 1. The third kappa shape index (κ3) is 4.18. The molecule has 0 spiro atoms. The van der Waals surface area contributed by atoms with Crippen molar-refractivity contribution in [2.45, 2.75) is 30.1 Å². The van der Waals surface area contributed by atoms with E-state index in [2.05, 4.69) is 5.32 Å². The van der Waals surface area contributed by atoms with Crippen LogP contribution in [-0.2, 0) is 21.2 Å². The highest BCUT2D eigenvalue weighted by Gasteiger charge is 2.53. The van der Waals surface area contributed by atoms with Crippen molar-refractivity contribution in [3.8, 4) is 0 Å². The Hall–Kier alpha value is -1.61. The minimum absolute atomic E-state index is 0.0801. The standard InChI is InChI=1S/C12H15F3N2O3S/c1-11(16,12(13,14)15)10(18)17-7-8-3-5-9(6-4-8)21(2,19)20/h3-6H,7,16H2,1-2H3,(H,17,18). The first-order valence-electron chi connectivity index (χ1n) is 5.78. The summed E-state index contributed by atoms with van der Waals surface area (Å²) in [7, 11) is -3.35. The minimum Gasteiger partial charge on any atom is -0.350 e. The fourth-order valence-electron chi connectivity index (χ4n) is 1.35. The van der Waals surface area contributed by atoms with E-state index in [0.29, 0.717) is 12.5 Å². The first-order valence-corrected chi connectivity index (χ1v) is 7.68. The van der Waals surface area contributed by atoms with Gasteiger partial charge in [-0.2, -0.15) is 13.2 Å². The summed E-state index contributed by atoms with van der Waals surface area (Å²) < 4.78 is 60.1. The Morgan fingerprint density at radius 1 is 1.24 bits per heavy atom. The van der Waals surface area contributed by atoms with Gasteiger partial charge in [0.2, 0.25) is 5.91 Å². The lowest BCUT2D eigenvalue weighted by atomic mass is 10.0. The molecule has 1 aromatic rings. The highest BCUT2D eigenvalue weighted by atomic mass is 32.2. The molecule has 1 unspecified atom stereocenters. The largest absolute Gasteiger partial charge is 0.415 e. The number of hydrogen-bond donors (Lipinski definition) is 2. The molecule has 1 aromatic carbocycles. The number of nitrogens with one attached hydrogen (secondary N) is 1. The maximum atomic E-state index is 12.5. The highest BCUT2D eigenvalue weighted by Crippen LogP contribution is 2.28. The van der Waals surface area contributed by atoms with Gasteiger partial charge in [-0.25, -0.2) is 8.42 Å². The summed E-state index contributed by atoms with van der Waals surface area (Å²) in [4.78, 5) is 11.5. The van der Waals surface area contributed by atoms with Crippen LogP contribution in [0.15, 0.2) is 29.2 Å². The number of halogens is 3. The van der Waals surface area contributed by atoms with E-state index in [1.165, 1.54) is 24.3 Å². The van der Waals surface area contributed by atoms with Gasteiger partial charge in [0.1, 0.15) is 0 Å². The lowest BCUT2D eigenvalue weighted by Crippen LogP contribution is -2.61. The molecule has 0 saturated heterocycles. The van der Waals surface area contributed by atoms with Gasteiger partial charge < -0.3 is 11.1 Å². The Morgan fingerprint density at radius 3 is 2.10 bits per heavy atom. The Morgan fingerprint density at radius 2 is 1.71 bits per heavy atom. The van der Waals surface area contributed by atoms with Gasteiger partial charge in [0.25, 0.3) is 0 Å². The Bertz CT molecular complexity index is 622. The molecule has 0 aliphatic heterocycles. The molecule has 0 fully saturated rings. The molecule has 1 amide bonds. The number of carbonyl (C=O) groups is 1. The molecule has 0 heterocycles. The second-order valence-corrected chi connectivity index (χ2v) is 6.81. The number of alkyl halides is 3. The third-order valence-corrected chi connectivity index (χ3v) is 3.99. The topological polar surface area (TPSA) is 89.3 Å². The second-order valence-electron chi connectivity index (χ2n) is 4.80. The highest BCUT2D eigenvalue weighted by molar-refractivity contribution is 7.90. The maximum absolute atomic E-state index is 12.5. The molecule has 3 N–H and O–H groups in total. The lowest BCUT2D eigenvalue weighted by Gasteiger charge is -2.26. The van der Waals surface area contributed by atoms with Gasteiger partial charge in [-0.15, -0.1) is 0 Å². The lowest BCUT2D eigenvalue weighted by molar-refractivity contribution is -0.187. The minimum atomic E-state index is -4.86. The molecule has 5 nitrogen and oxygen atoms in total. The van der Waals surface area contributed by atoms with Crippen LogP contribution < -0.4 is 11.1 Å². The van der Waals surface area contributed by atoms with Gasteiger partial charge in [0.05, 0.1) is 4.90 Å². The summed E-state index contributed by atoms with van der Waals surface area (Å²) in [5, 5.41) is 2.07. The average molecular weight is 324 g/mol. The van der Waals surface area contributed by atoms with Crippen molar-refractivity contribution in [2.75, 3.05) is 6.26 Å². The molecular formula is C12H15F3N2O3S. The van der Waals surface area contributed by atoms with Crippen molar-refractivity contribution in [3.05, 3.63) is 29.8 Å². The smallest absolute Gasteiger partial charge is 0.350 e. The summed E-state index contributed by atoms with van der Waals surface area (Å²) in [6.07, 6.45) is -3.83. The molecule has 0 aliphatic rings. The molecular weight excluding hydrogens is 309 g/mol. The predicted octanol–water partition coefficient (Wildman–Crippen LogP) is 0.986. The SMILES string of the molecule is CC(N)(C(=O)NCc1ccc(S(C)(=O)=O)cc1)C(F)(F)F. The second kappa shape index (κ2) is 5.64. The van der Waals surface area contributed by atoms with Crippen molar-refractivity contribution >= 4 is 15.7 Å². The quantitative estimate of drug-likeness (QED) is 0.864. The van der Waals surface area contributed by atoms with Crippen LogP contribution in [0, 0.1) is 0 Å². The number of sulfone groups is 1. The molecule has 9 heteroatoms. The van der Waals surface area contributed by atoms with Crippen LogP contribution in [0.1, 0.15) is 12.5 Å². The van der Waals surface area contributed by atoms with E-state index in [1.807, 2.05) is 0 Å². The number of nitrogens with two attached hydrogens (primary N) is 1. The number of hydrogen-bond acceptors (Lipinski definition) is 4. The predicted molar refractivity (Wildman–Crippen MR) is 70.0 cm³/mol. The normalized spacial score (nSPS) is 15.3. The zero-order valence-corrected chi connectivity index (χ0v) is 12.2.